The van der Waals surface area contributed by atoms with E-state index in [-0.39, 0.29) is 6.61 Å². The molecule has 0 aliphatic rings. The highest BCUT2D eigenvalue weighted by molar-refractivity contribution is 6.33. The summed E-state index contributed by atoms with van der Waals surface area (Å²) in [6.07, 6.45) is 1.03. The number of nitrogens with one attached hydrogen (secondary N) is 2. The zero-order chi connectivity index (χ0) is 23.6. The van der Waals surface area contributed by atoms with Crippen LogP contribution in [0, 0.1) is 0 Å². The summed E-state index contributed by atoms with van der Waals surface area (Å²) < 4.78 is 11.2. The molecule has 3 rings (SSSR count). The Bertz CT molecular complexity index is 1170. The smallest absolute Gasteiger partial charge is 0.249 e. The number of halogens is 2. The Morgan fingerprint density at radius 1 is 0.939 bits per heavy atom. The van der Waals surface area contributed by atoms with Gasteiger partial charge in [0.25, 0.3) is 0 Å². The van der Waals surface area contributed by atoms with Crippen molar-refractivity contribution in [3.63, 3.8) is 0 Å². The minimum atomic E-state index is -0.567. The summed E-state index contributed by atoms with van der Waals surface area (Å²) in [5.74, 6) is -0.0359. The molecule has 0 atom stereocenters. The zero-order valence-electron chi connectivity index (χ0n) is 17.7. The number of amides is 2. The molecule has 0 heterocycles. The summed E-state index contributed by atoms with van der Waals surface area (Å²) in [5, 5.41) is 7.47. The Kier molecular flexibility index (Phi) is 8.69. The van der Waals surface area contributed by atoms with Crippen molar-refractivity contribution in [3.05, 3.63) is 87.9 Å². The van der Waals surface area contributed by atoms with Gasteiger partial charge in [0.05, 0.1) is 24.0 Å². The minimum absolute atomic E-state index is 0.287. The number of para-hydroxylation sites is 1. The van der Waals surface area contributed by atoms with Crippen LogP contribution in [-0.4, -0.2) is 25.1 Å². The van der Waals surface area contributed by atoms with Crippen molar-refractivity contribution in [1.82, 2.24) is 5.43 Å². The lowest BCUT2D eigenvalue weighted by Crippen LogP contribution is -2.24. The first-order valence-corrected chi connectivity index (χ1v) is 10.6. The molecular formula is C24H21Cl2N3O4. The number of anilines is 1. The Labute approximate surface area is 201 Å². The van der Waals surface area contributed by atoms with Crippen LogP contribution in [0.1, 0.15) is 17.5 Å². The van der Waals surface area contributed by atoms with Gasteiger partial charge in [-0.15, -0.1) is 0 Å². The molecule has 0 spiro atoms. The molecule has 0 unspecified atom stereocenters. The molecule has 2 amide bonds. The minimum Gasteiger partial charge on any atom is -0.493 e. The van der Waals surface area contributed by atoms with Gasteiger partial charge in [0.15, 0.2) is 11.5 Å². The van der Waals surface area contributed by atoms with Crippen molar-refractivity contribution in [1.29, 1.82) is 0 Å². The number of rotatable bonds is 9. The van der Waals surface area contributed by atoms with Gasteiger partial charge in [-0.2, -0.15) is 5.10 Å². The number of hydrogen-bond donors (Lipinski definition) is 2. The van der Waals surface area contributed by atoms with Gasteiger partial charge in [-0.3, -0.25) is 9.59 Å². The van der Waals surface area contributed by atoms with Crippen LogP contribution in [0.2, 0.25) is 10.0 Å². The number of benzene rings is 3. The summed E-state index contributed by atoms with van der Waals surface area (Å²) in [6.45, 7) is 0.287. The van der Waals surface area contributed by atoms with Crippen molar-refractivity contribution < 1.29 is 19.1 Å². The molecule has 0 bridgehead atoms. The van der Waals surface area contributed by atoms with Gasteiger partial charge in [-0.05, 0) is 42.0 Å². The third kappa shape index (κ3) is 7.24. The molecule has 0 radical (unpaired) electrons. The number of ether oxygens (including phenoxy) is 2. The van der Waals surface area contributed by atoms with E-state index in [0.29, 0.717) is 32.8 Å². The zero-order valence-corrected chi connectivity index (χ0v) is 19.2. The standard InChI is InChI=1S/C24H21Cl2N3O4/c1-32-22-12-16(10-11-21(22)33-15-17-6-2-3-7-18(17)25)14-27-29-24(31)13-23(30)28-20-9-5-4-8-19(20)26/h2-12,14H,13,15H2,1H3,(H,28,30)(H,29,31). The quantitative estimate of drug-likeness (QED) is 0.251. The Morgan fingerprint density at radius 2 is 1.67 bits per heavy atom. The van der Waals surface area contributed by atoms with Crippen LogP contribution in [0.3, 0.4) is 0 Å². The van der Waals surface area contributed by atoms with Crippen LogP contribution in [0.4, 0.5) is 5.69 Å². The van der Waals surface area contributed by atoms with Crippen molar-refractivity contribution >= 4 is 46.9 Å². The molecule has 0 saturated carbocycles. The third-order valence-electron chi connectivity index (χ3n) is 4.40. The topological polar surface area (TPSA) is 89.0 Å². The summed E-state index contributed by atoms with van der Waals surface area (Å²) in [7, 11) is 1.53. The fraction of sp³-hybridized carbons (Fsp3) is 0.125. The lowest BCUT2D eigenvalue weighted by molar-refractivity contribution is -0.126. The number of carbonyl (C=O) groups excluding carboxylic acids is 2. The van der Waals surface area contributed by atoms with Crippen LogP contribution in [0.15, 0.2) is 71.8 Å². The van der Waals surface area contributed by atoms with Gasteiger partial charge in [-0.25, -0.2) is 5.43 Å². The highest BCUT2D eigenvalue weighted by Gasteiger charge is 2.11. The molecule has 0 fully saturated rings. The fourth-order valence-corrected chi connectivity index (χ4v) is 3.15. The molecule has 3 aromatic carbocycles. The number of nitrogens with zero attached hydrogens (tertiary/aromatic N) is 1. The maximum absolute atomic E-state index is 12.0. The van der Waals surface area contributed by atoms with E-state index in [0.717, 1.165) is 5.56 Å². The van der Waals surface area contributed by atoms with Crippen LogP contribution in [-0.2, 0) is 16.2 Å². The summed E-state index contributed by atoms with van der Waals surface area (Å²) in [4.78, 5) is 24.0. The van der Waals surface area contributed by atoms with E-state index in [4.69, 9.17) is 32.7 Å². The number of methoxy groups -OCH3 is 1. The second-order valence-electron chi connectivity index (χ2n) is 6.79. The van der Waals surface area contributed by atoms with Crippen molar-refractivity contribution in [2.24, 2.45) is 5.10 Å². The first-order valence-electron chi connectivity index (χ1n) is 9.87. The van der Waals surface area contributed by atoms with Crippen LogP contribution in [0.5, 0.6) is 11.5 Å². The average molecular weight is 486 g/mol. The van der Waals surface area contributed by atoms with Gasteiger partial charge in [-0.1, -0.05) is 53.5 Å². The van der Waals surface area contributed by atoms with Crippen LogP contribution < -0.4 is 20.2 Å². The summed E-state index contributed by atoms with van der Waals surface area (Å²) >= 11 is 12.1. The molecule has 0 aliphatic heterocycles. The van der Waals surface area contributed by atoms with E-state index in [1.807, 2.05) is 18.2 Å². The normalized spacial score (nSPS) is 10.6. The van der Waals surface area contributed by atoms with Gasteiger partial charge >= 0.3 is 0 Å². The third-order valence-corrected chi connectivity index (χ3v) is 5.10. The number of hydrogen-bond acceptors (Lipinski definition) is 5. The molecule has 0 aromatic heterocycles. The Balaban J connectivity index is 1.53. The van der Waals surface area contributed by atoms with Gasteiger partial charge in [0.2, 0.25) is 11.8 Å². The first-order chi connectivity index (χ1) is 16.0. The largest absolute Gasteiger partial charge is 0.493 e. The van der Waals surface area contributed by atoms with Gasteiger partial charge < -0.3 is 14.8 Å². The maximum Gasteiger partial charge on any atom is 0.249 e. The number of carbonyl (C=O) groups is 2. The second-order valence-corrected chi connectivity index (χ2v) is 7.60. The SMILES string of the molecule is COc1cc(C=NNC(=O)CC(=O)Nc2ccccc2Cl)ccc1OCc1ccccc1Cl. The van der Waals surface area contributed by atoms with E-state index in [2.05, 4.69) is 15.8 Å². The van der Waals surface area contributed by atoms with Crippen LogP contribution >= 0.6 is 23.2 Å². The molecule has 170 valence electrons. The Morgan fingerprint density at radius 3 is 2.39 bits per heavy atom. The predicted molar refractivity (Wildman–Crippen MR) is 129 cm³/mol. The lowest BCUT2D eigenvalue weighted by atomic mass is 10.2. The van der Waals surface area contributed by atoms with Crippen molar-refractivity contribution in [2.45, 2.75) is 13.0 Å². The lowest BCUT2D eigenvalue weighted by Gasteiger charge is -2.12. The van der Waals surface area contributed by atoms with Crippen molar-refractivity contribution in [3.8, 4) is 11.5 Å². The van der Waals surface area contributed by atoms with E-state index >= 15 is 0 Å². The summed E-state index contributed by atoms with van der Waals surface area (Å²) in [6, 6.07) is 19.4. The fourth-order valence-electron chi connectivity index (χ4n) is 2.78. The molecule has 9 heteroatoms. The van der Waals surface area contributed by atoms with Crippen LogP contribution in [0.25, 0.3) is 0 Å². The highest BCUT2D eigenvalue weighted by Crippen LogP contribution is 2.29. The number of hydrazone groups is 1. The monoisotopic (exact) mass is 485 g/mol. The van der Waals surface area contributed by atoms with E-state index < -0.39 is 18.2 Å². The van der Waals surface area contributed by atoms with Gasteiger partial charge in [0.1, 0.15) is 13.0 Å². The molecular weight excluding hydrogens is 465 g/mol. The molecule has 33 heavy (non-hydrogen) atoms. The molecule has 0 saturated heterocycles. The van der Waals surface area contributed by atoms with Crippen molar-refractivity contribution in [2.75, 3.05) is 12.4 Å². The van der Waals surface area contributed by atoms with Gasteiger partial charge in [0, 0.05) is 10.6 Å². The molecule has 7 nitrogen and oxygen atoms in total. The predicted octanol–water partition coefficient (Wildman–Crippen LogP) is 5.06. The molecule has 3 aromatic rings. The second kappa shape index (κ2) is 11.9. The maximum atomic E-state index is 12.0. The van der Waals surface area contributed by atoms with E-state index in [1.165, 1.54) is 13.3 Å². The summed E-state index contributed by atoms with van der Waals surface area (Å²) in [5.41, 5.74) is 4.27. The molecule has 2 N–H and O–H groups in total. The Hall–Kier alpha value is -3.55. The highest BCUT2D eigenvalue weighted by atomic mass is 35.5. The average Bonchev–Trinajstić information content (AvgIpc) is 2.80. The molecule has 0 aliphatic carbocycles. The van der Waals surface area contributed by atoms with E-state index in [9.17, 15) is 9.59 Å². The first kappa shape index (κ1) is 24.1. The van der Waals surface area contributed by atoms with E-state index in [1.54, 1.807) is 48.5 Å².